The third kappa shape index (κ3) is 2.15. The number of nitrogens with zero attached hydrogens (tertiary/aromatic N) is 2. The second-order valence-electron chi connectivity index (χ2n) is 3.21. The highest BCUT2D eigenvalue weighted by atomic mass is 16.5. The van der Waals surface area contributed by atoms with Gasteiger partial charge in [-0.15, -0.1) is 0 Å². The lowest BCUT2D eigenvalue weighted by Gasteiger charge is -2.25. The van der Waals surface area contributed by atoms with E-state index >= 15 is 0 Å². The highest BCUT2D eigenvalue weighted by Crippen LogP contribution is 2.12. The smallest absolute Gasteiger partial charge is 0.232 e. The van der Waals surface area contributed by atoms with E-state index in [0.717, 1.165) is 18.9 Å². The molecule has 0 saturated carbocycles. The minimum atomic E-state index is 0.531. The summed E-state index contributed by atoms with van der Waals surface area (Å²) in [7, 11) is 0. The van der Waals surface area contributed by atoms with Gasteiger partial charge in [0, 0.05) is 5.92 Å². The van der Waals surface area contributed by atoms with Gasteiger partial charge in [0.05, 0.1) is 37.9 Å². The quantitative estimate of drug-likeness (QED) is 0.690. The summed E-state index contributed by atoms with van der Waals surface area (Å²) in [5.41, 5.74) is 0.902. The third-order valence-electron chi connectivity index (χ3n) is 1.93. The molecule has 0 unspecified atom stereocenters. The summed E-state index contributed by atoms with van der Waals surface area (Å²) in [6.45, 7) is 4.19. The van der Waals surface area contributed by atoms with E-state index in [9.17, 15) is 0 Å². The second kappa shape index (κ2) is 3.70. The maximum Gasteiger partial charge on any atom is 0.232 e. The molecule has 0 amide bonds. The summed E-state index contributed by atoms with van der Waals surface area (Å²) >= 11 is 0. The van der Waals surface area contributed by atoms with Crippen molar-refractivity contribution < 1.29 is 9.47 Å². The van der Waals surface area contributed by atoms with Crippen molar-refractivity contribution in [2.24, 2.45) is 5.92 Å². The van der Waals surface area contributed by atoms with Crippen LogP contribution in [0.25, 0.3) is 0 Å². The molecule has 0 spiro atoms. The molecular formula is C9H12N2O2. The van der Waals surface area contributed by atoms with Crippen LogP contribution in [-0.2, 0) is 4.74 Å². The highest BCUT2D eigenvalue weighted by molar-refractivity contribution is 5.05. The Bertz CT molecular complexity index is 269. The molecule has 70 valence electrons. The van der Waals surface area contributed by atoms with Gasteiger partial charge in [0.25, 0.3) is 0 Å². The first kappa shape index (κ1) is 8.44. The van der Waals surface area contributed by atoms with Crippen molar-refractivity contribution in [2.75, 3.05) is 19.8 Å². The Morgan fingerprint density at radius 3 is 2.85 bits per heavy atom. The summed E-state index contributed by atoms with van der Waals surface area (Å²) in [6.07, 6.45) is 3.35. The van der Waals surface area contributed by atoms with Crippen LogP contribution in [0.15, 0.2) is 12.4 Å². The topological polar surface area (TPSA) is 44.2 Å². The molecule has 1 fully saturated rings. The van der Waals surface area contributed by atoms with Crippen molar-refractivity contribution in [1.82, 2.24) is 9.97 Å². The predicted octanol–water partition coefficient (Wildman–Crippen LogP) is 0.810. The highest BCUT2D eigenvalue weighted by Gasteiger charge is 2.18. The standard InChI is InChI=1S/C9H12N2O2/c1-7-2-11-9(3-10-7)13-6-8-4-12-5-8/h2-3,8H,4-6H2,1H3. The van der Waals surface area contributed by atoms with Gasteiger partial charge < -0.3 is 9.47 Å². The van der Waals surface area contributed by atoms with Gasteiger partial charge in [-0.25, -0.2) is 4.98 Å². The fourth-order valence-electron chi connectivity index (χ4n) is 1.04. The molecule has 1 aromatic heterocycles. The van der Waals surface area contributed by atoms with Gasteiger partial charge in [-0.3, -0.25) is 4.98 Å². The fourth-order valence-corrected chi connectivity index (χ4v) is 1.04. The maximum absolute atomic E-state index is 5.41. The van der Waals surface area contributed by atoms with Crippen LogP contribution in [0.4, 0.5) is 0 Å². The molecule has 13 heavy (non-hydrogen) atoms. The van der Waals surface area contributed by atoms with Crippen molar-refractivity contribution in [2.45, 2.75) is 6.92 Å². The fraction of sp³-hybridized carbons (Fsp3) is 0.556. The minimum Gasteiger partial charge on any atom is -0.476 e. The average molecular weight is 180 g/mol. The van der Waals surface area contributed by atoms with Gasteiger partial charge in [-0.2, -0.15) is 0 Å². The number of ether oxygens (including phenoxy) is 2. The first-order valence-electron chi connectivity index (χ1n) is 4.34. The van der Waals surface area contributed by atoms with Gasteiger partial charge in [-0.1, -0.05) is 0 Å². The second-order valence-corrected chi connectivity index (χ2v) is 3.21. The Morgan fingerprint density at radius 1 is 1.46 bits per heavy atom. The molecule has 0 radical (unpaired) electrons. The predicted molar refractivity (Wildman–Crippen MR) is 46.6 cm³/mol. The molecule has 4 nitrogen and oxygen atoms in total. The molecule has 2 heterocycles. The summed E-state index contributed by atoms with van der Waals surface area (Å²) in [5.74, 6) is 1.13. The van der Waals surface area contributed by atoms with Crippen LogP contribution >= 0.6 is 0 Å². The van der Waals surface area contributed by atoms with E-state index in [0.29, 0.717) is 18.4 Å². The Labute approximate surface area is 76.9 Å². The van der Waals surface area contributed by atoms with Crippen LogP contribution in [0, 0.1) is 12.8 Å². The van der Waals surface area contributed by atoms with Gasteiger partial charge >= 0.3 is 0 Å². The van der Waals surface area contributed by atoms with Crippen LogP contribution in [-0.4, -0.2) is 29.8 Å². The van der Waals surface area contributed by atoms with Crippen LogP contribution in [0.5, 0.6) is 5.88 Å². The van der Waals surface area contributed by atoms with E-state index in [1.165, 1.54) is 0 Å². The van der Waals surface area contributed by atoms with Crippen molar-refractivity contribution in [3.8, 4) is 5.88 Å². The molecule has 0 bridgehead atoms. The molecule has 1 aliphatic rings. The summed E-state index contributed by atoms with van der Waals surface area (Å²) in [4.78, 5) is 8.17. The first-order chi connectivity index (χ1) is 6.34. The van der Waals surface area contributed by atoms with E-state index in [-0.39, 0.29) is 0 Å². The molecule has 1 saturated heterocycles. The molecule has 1 aromatic rings. The number of aromatic nitrogens is 2. The van der Waals surface area contributed by atoms with E-state index in [2.05, 4.69) is 9.97 Å². The lowest BCUT2D eigenvalue weighted by atomic mass is 10.1. The summed E-state index contributed by atoms with van der Waals surface area (Å²) in [6, 6.07) is 0. The number of rotatable bonds is 3. The van der Waals surface area contributed by atoms with E-state index in [4.69, 9.17) is 9.47 Å². The van der Waals surface area contributed by atoms with Gasteiger partial charge in [0.15, 0.2) is 0 Å². The monoisotopic (exact) mass is 180 g/mol. The molecule has 0 atom stereocenters. The van der Waals surface area contributed by atoms with E-state index < -0.39 is 0 Å². The first-order valence-corrected chi connectivity index (χ1v) is 4.34. The van der Waals surface area contributed by atoms with Gasteiger partial charge in [-0.05, 0) is 6.92 Å². The number of hydrogen-bond donors (Lipinski definition) is 0. The van der Waals surface area contributed by atoms with Crippen molar-refractivity contribution in [3.63, 3.8) is 0 Å². The lowest BCUT2D eigenvalue weighted by molar-refractivity contribution is -0.0514. The third-order valence-corrected chi connectivity index (χ3v) is 1.93. The zero-order chi connectivity index (χ0) is 9.10. The van der Waals surface area contributed by atoms with E-state index in [1.54, 1.807) is 12.4 Å². The van der Waals surface area contributed by atoms with Crippen molar-refractivity contribution in [1.29, 1.82) is 0 Å². The molecule has 1 aliphatic heterocycles. The molecule has 0 N–H and O–H groups in total. The van der Waals surface area contributed by atoms with Crippen LogP contribution in [0.1, 0.15) is 5.69 Å². The number of hydrogen-bond acceptors (Lipinski definition) is 4. The maximum atomic E-state index is 5.41. The molecule has 4 heteroatoms. The molecular weight excluding hydrogens is 168 g/mol. The largest absolute Gasteiger partial charge is 0.476 e. The Hall–Kier alpha value is -1.16. The van der Waals surface area contributed by atoms with Gasteiger partial charge in [0.2, 0.25) is 5.88 Å². The molecule has 2 rings (SSSR count). The Balaban J connectivity index is 1.83. The molecule has 0 aromatic carbocycles. The van der Waals surface area contributed by atoms with Crippen molar-refractivity contribution >= 4 is 0 Å². The van der Waals surface area contributed by atoms with E-state index in [1.807, 2.05) is 6.92 Å². The van der Waals surface area contributed by atoms with Crippen LogP contribution in [0.3, 0.4) is 0 Å². The van der Waals surface area contributed by atoms with Crippen LogP contribution in [0.2, 0.25) is 0 Å². The lowest BCUT2D eigenvalue weighted by Crippen LogP contribution is -2.32. The average Bonchev–Trinajstić information content (AvgIpc) is 2.05. The van der Waals surface area contributed by atoms with Crippen molar-refractivity contribution in [3.05, 3.63) is 18.1 Å². The molecule has 0 aliphatic carbocycles. The SMILES string of the molecule is Cc1cnc(OCC2COC2)cn1. The zero-order valence-corrected chi connectivity index (χ0v) is 7.56. The van der Waals surface area contributed by atoms with Gasteiger partial charge in [0.1, 0.15) is 0 Å². The minimum absolute atomic E-state index is 0.531. The zero-order valence-electron chi connectivity index (χ0n) is 7.56. The summed E-state index contributed by atoms with van der Waals surface area (Å²) in [5, 5.41) is 0. The Morgan fingerprint density at radius 2 is 2.31 bits per heavy atom. The van der Waals surface area contributed by atoms with Crippen LogP contribution < -0.4 is 4.74 Å². The summed E-state index contributed by atoms with van der Waals surface area (Å²) < 4.78 is 10.4. The Kier molecular flexibility index (Phi) is 2.40. The normalized spacial score (nSPS) is 16.7. The number of aryl methyl sites for hydroxylation is 1.